The highest BCUT2D eigenvalue weighted by atomic mass is 32.2. The maximum Gasteiger partial charge on any atom is 0.308 e. The molecule has 128 valence electrons. The summed E-state index contributed by atoms with van der Waals surface area (Å²) in [6.07, 6.45) is 1.01. The Morgan fingerprint density at radius 2 is 1.70 bits per heavy atom. The van der Waals surface area contributed by atoms with Crippen LogP contribution in [0.4, 0.5) is 0 Å². The number of thioether (sulfide) groups is 1. The molecule has 0 spiro atoms. The highest BCUT2D eigenvalue weighted by Gasteiger charge is 2.38. The van der Waals surface area contributed by atoms with Crippen molar-refractivity contribution in [2.75, 3.05) is 0 Å². The van der Waals surface area contributed by atoms with Gasteiger partial charge in [0.1, 0.15) is 5.75 Å². The molecule has 0 aliphatic carbocycles. The van der Waals surface area contributed by atoms with Crippen molar-refractivity contribution in [3.05, 3.63) is 22.8 Å². The van der Waals surface area contributed by atoms with E-state index in [-0.39, 0.29) is 21.5 Å². The van der Waals surface area contributed by atoms with Gasteiger partial charge in [-0.1, -0.05) is 55.4 Å². The van der Waals surface area contributed by atoms with Crippen molar-refractivity contribution in [3.8, 4) is 5.75 Å². The summed E-state index contributed by atoms with van der Waals surface area (Å²) in [5.41, 5.74) is 3.54. The van der Waals surface area contributed by atoms with Crippen LogP contribution in [-0.2, 0) is 22.0 Å². The molecule has 0 saturated carbocycles. The predicted molar refractivity (Wildman–Crippen MR) is 98.8 cm³/mol. The summed E-state index contributed by atoms with van der Waals surface area (Å²) < 4.78 is 5.96. The van der Waals surface area contributed by atoms with Crippen molar-refractivity contribution in [2.24, 2.45) is 0 Å². The highest BCUT2D eigenvalue weighted by molar-refractivity contribution is 8.01. The second kappa shape index (κ2) is 5.54. The van der Waals surface area contributed by atoms with Crippen molar-refractivity contribution in [1.29, 1.82) is 0 Å². The Bertz CT molecular complexity index is 643. The molecule has 3 heteroatoms. The molecule has 0 radical (unpaired) electrons. The molecule has 0 atom stereocenters. The number of esters is 1. The fraction of sp³-hybridized carbons (Fsp3) is 0.650. The highest BCUT2D eigenvalue weighted by Crippen LogP contribution is 2.53. The minimum absolute atomic E-state index is 0.0723. The van der Waals surface area contributed by atoms with Gasteiger partial charge >= 0.3 is 5.97 Å². The molecule has 2 rings (SSSR count). The van der Waals surface area contributed by atoms with Crippen molar-refractivity contribution >= 4 is 17.7 Å². The summed E-state index contributed by atoms with van der Waals surface area (Å²) in [5, 5.41) is 0. The second-order valence-corrected chi connectivity index (χ2v) is 11.0. The average Bonchev–Trinajstić information content (AvgIpc) is 2.57. The number of carbonyl (C=O) groups excluding carboxylic acids is 1. The molecule has 2 nitrogen and oxygen atoms in total. The normalized spacial score (nSPS) is 17.1. The van der Waals surface area contributed by atoms with E-state index in [1.54, 1.807) is 0 Å². The van der Waals surface area contributed by atoms with Crippen LogP contribution in [0.5, 0.6) is 5.75 Å². The van der Waals surface area contributed by atoms with E-state index in [1.165, 1.54) is 22.9 Å². The van der Waals surface area contributed by atoms with Gasteiger partial charge in [-0.2, -0.15) is 0 Å². The van der Waals surface area contributed by atoms with Gasteiger partial charge in [-0.15, -0.1) is 11.8 Å². The van der Waals surface area contributed by atoms with E-state index in [1.807, 2.05) is 11.8 Å². The van der Waals surface area contributed by atoms with Crippen LogP contribution in [0.15, 0.2) is 11.0 Å². The summed E-state index contributed by atoms with van der Waals surface area (Å²) in [5.74, 6) is 0.542. The van der Waals surface area contributed by atoms with Crippen LogP contribution in [0, 0.1) is 0 Å². The maximum atomic E-state index is 11.8. The first-order valence-corrected chi connectivity index (χ1v) is 9.12. The van der Waals surface area contributed by atoms with E-state index >= 15 is 0 Å². The van der Waals surface area contributed by atoms with E-state index in [4.69, 9.17) is 4.74 Å². The molecule has 0 aromatic heterocycles. The molecule has 0 bridgehead atoms. The maximum absolute atomic E-state index is 11.8. The summed E-state index contributed by atoms with van der Waals surface area (Å²) in [7, 11) is 0. The van der Waals surface area contributed by atoms with Crippen LogP contribution in [0.25, 0.3) is 0 Å². The average molecular weight is 335 g/mol. The molecular formula is C20H30O2S. The lowest BCUT2D eigenvalue weighted by Crippen LogP contribution is -2.23. The summed E-state index contributed by atoms with van der Waals surface area (Å²) in [6.45, 7) is 19.2. The number of benzene rings is 1. The van der Waals surface area contributed by atoms with Crippen LogP contribution < -0.4 is 4.74 Å². The van der Waals surface area contributed by atoms with Gasteiger partial charge in [0.05, 0.1) is 0 Å². The Balaban J connectivity index is 2.84. The van der Waals surface area contributed by atoms with Gasteiger partial charge in [-0.05, 0) is 28.9 Å². The van der Waals surface area contributed by atoms with E-state index in [0.29, 0.717) is 0 Å². The molecule has 0 unspecified atom stereocenters. The van der Waals surface area contributed by atoms with Gasteiger partial charge < -0.3 is 4.74 Å². The van der Waals surface area contributed by atoms with Crippen LogP contribution in [0.2, 0.25) is 0 Å². The van der Waals surface area contributed by atoms with Crippen LogP contribution in [0.1, 0.15) is 79.0 Å². The number of fused-ring (bicyclic) bond motifs is 1. The second-order valence-electron chi connectivity index (χ2n) is 9.24. The lowest BCUT2D eigenvalue weighted by Gasteiger charge is -2.31. The topological polar surface area (TPSA) is 26.3 Å². The molecule has 1 aliphatic heterocycles. The Hall–Kier alpha value is -0.960. The Morgan fingerprint density at radius 3 is 2.13 bits per heavy atom. The van der Waals surface area contributed by atoms with Crippen LogP contribution >= 0.6 is 11.8 Å². The van der Waals surface area contributed by atoms with Gasteiger partial charge in [0, 0.05) is 27.7 Å². The third kappa shape index (κ3) is 3.76. The summed E-state index contributed by atoms with van der Waals surface area (Å²) in [6, 6.07) is 2.25. The number of ether oxygens (including phenoxy) is 1. The molecule has 1 aliphatic rings. The standard InChI is InChI=1S/C20H30O2S/c1-12(21)22-17-14(18(2,3)4)10-15-13(11-20(8,9)23-15)16(17)19(5,6)7/h10H,11H2,1-9H3. The van der Waals surface area contributed by atoms with Crippen molar-refractivity contribution in [2.45, 2.75) is 89.2 Å². The number of hydrogen-bond donors (Lipinski definition) is 0. The zero-order chi connectivity index (χ0) is 17.8. The Kier molecular flexibility index (Phi) is 4.43. The fourth-order valence-corrected chi connectivity index (χ4v) is 4.59. The summed E-state index contributed by atoms with van der Waals surface area (Å²) in [4.78, 5) is 13.1. The van der Waals surface area contributed by atoms with Gasteiger partial charge in [-0.25, -0.2) is 0 Å². The number of hydrogen-bond acceptors (Lipinski definition) is 3. The minimum Gasteiger partial charge on any atom is -0.426 e. The Labute approximate surface area is 145 Å². The van der Waals surface area contributed by atoms with E-state index in [9.17, 15) is 4.79 Å². The number of carbonyl (C=O) groups is 1. The van der Waals surface area contributed by atoms with Crippen molar-refractivity contribution in [3.63, 3.8) is 0 Å². The van der Waals surface area contributed by atoms with Gasteiger partial charge in [-0.3, -0.25) is 4.79 Å². The first-order valence-electron chi connectivity index (χ1n) is 8.31. The van der Waals surface area contributed by atoms with E-state index < -0.39 is 0 Å². The van der Waals surface area contributed by atoms with Gasteiger partial charge in [0.2, 0.25) is 0 Å². The zero-order valence-electron chi connectivity index (χ0n) is 16.0. The molecule has 0 fully saturated rings. The van der Waals surface area contributed by atoms with E-state index in [2.05, 4.69) is 61.5 Å². The summed E-state index contributed by atoms with van der Waals surface area (Å²) >= 11 is 1.94. The molecular weight excluding hydrogens is 304 g/mol. The van der Waals surface area contributed by atoms with E-state index in [0.717, 1.165) is 17.7 Å². The molecule has 1 aromatic rings. The van der Waals surface area contributed by atoms with Crippen molar-refractivity contribution in [1.82, 2.24) is 0 Å². The van der Waals surface area contributed by atoms with Gasteiger partial charge in [0.15, 0.2) is 0 Å². The lowest BCUT2D eigenvalue weighted by molar-refractivity contribution is -0.132. The fourth-order valence-electron chi connectivity index (χ4n) is 3.30. The lowest BCUT2D eigenvalue weighted by atomic mass is 9.76. The smallest absolute Gasteiger partial charge is 0.308 e. The zero-order valence-corrected chi connectivity index (χ0v) is 16.8. The predicted octanol–water partition coefficient (Wildman–Crippen LogP) is 5.63. The van der Waals surface area contributed by atoms with Crippen LogP contribution in [-0.4, -0.2) is 10.7 Å². The SMILES string of the molecule is CC(=O)Oc1c(C(C)(C)C)cc2c(c1C(C)(C)C)CC(C)(C)S2. The number of rotatable bonds is 1. The minimum atomic E-state index is -0.245. The third-order valence-electron chi connectivity index (χ3n) is 4.14. The quantitative estimate of drug-likeness (QED) is 0.491. The first-order chi connectivity index (χ1) is 10.2. The molecule has 23 heavy (non-hydrogen) atoms. The van der Waals surface area contributed by atoms with Crippen LogP contribution in [0.3, 0.4) is 0 Å². The molecule has 0 amide bonds. The molecule has 1 aromatic carbocycles. The monoisotopic (exact) mass is 334 g/mol. The van der Waals surface area contributed by atoms with Gasteiger partial charge in [0.25, 0.3) is 0 Å². The third-order valence-corrected chi connectivity index (χ3v) is 5.42. The first kappa shape index (κ1) is 18.4. The molecule has 1 heterocycles. The molecule has 0 saturated heterocycles. The molecule has 0 N–H and O–H groups in total. The van der Waals surface area contributed by atoms with Crippen molar-refractivity contribution < 1.29 is 9.53 Å². The largest absolute Gasteiger partial charge is 0.426 e. The Morgan fingerprint density at radius 1 is 1.13 bits per heavy atom.